The molecule has 8 heteroatoms. The molecule has 130 valence electrons. The van der Waals surface area contributed by atoms with Gasteiger partial charge in [0.2, 0.25) is 0 Å². The number of rotatable bonds is 6. The molecule has 1 unspecified atom stereocenters. The summed E-state index contributed by atoms with van der Waals surface area (Å²) in [5, 5.41) is 0. The summed E-state index contributed by atoms with van der Waals surface area (Å²) >= 11 is 0. The summed E-state index contributed by atoms with van der Waals surface area (Å²) in [7, 11) is 8.51. The first-order valence-electron chi connectivity index (χ1n) is 6.83. The van der Waals surface area contributed by atoms with Gasteiger partial charge in [-0.15, -0.1) is 13.2 Å². The number of methoxy groups -OCH3 is 1. The van der Waals surface area contributed by atoms with Crippen LogP contribution in [0.3, 0.4) is 0 Å². The second kappa shape index (κ2) is 7.65. The van der Waals surface area contributed by atoms with Gasteiger partial charge < -0.3 is 9.47 Å². The molecule has 1 atom stereocenters. The number of alkyl halides is 3. The zero-order valence-corrected chi connectivity index (χ0v) is 13.7. The van der Waals surface area contributed by atoms with Gasteiger partial charge in [0.25, 0.3) is 0 Å². The van der Waals surface area contributed by atoms with Crippen LogP contribution < -0.4 is 4.74 Å². The lowest BCUT2D eigenvalue weighted by atomic mass is 9.94. The minimum absolute atomic E-state index is 0.322. The molecule has 0 fully saturated rings. The highest BCUT2D eigenvalue weighted by atomic mass is 19.4. The smallest absolute Gasteiger partial charge is 0.468 e. The second-order valence-electron chi connectivity index (χ2n) is 5.46. The molecule has 0 aliphatic carbocycles. The predicted octanol–water partition coefficient (Wildman–Crippen LogP) is 2.29. The third-order valence-corrected chi connectivity index (χ3v) is 3.28. The third kappa shape index (κ3) is 5.40. The molecular weight excluding hydrogens is 313 g/mol. The van der Waals surface area contributed by atoms with E-state index in [1.165, 1.54) is 31.4 Å². The molecule has 0 aromatic heterocycles. The van der Waals surface area contributed by atoms with Crippen molar-refractivity contribution in [3.05, 3.63) is 29.8 Å². The van der Waals surface area contributed by atoms with Crippen LogP contribution in [0, 0.1) is 0 Å². The number of hydrogen-bond donors (Lipinski definition) is 0. The monoisotopic (exact) mass is 334 g/mol. The first-order valence-corrected chi connectivity index (χ1v) is 6.83. The average Bonchev–Trinajstić information content (AvgIpc) is 2.42. The lowest BCUT2D eigenvalue weighted by molar-refractivity contribution is -0.274. The Labute approximate surface area is 133 Å². The van der Waals surface area contributed by atoms with Crippen LogP contribution in [-0.2, 0) is 9.53 Å². The molecule has 0 amide bonds. The van der Waals surface area contributed by atoms with Crippen LogP contribution in [0.1, 0.15) is 11.5 Å². The molecule has 1 aromatic carbocycles. The van der Waals surface area contributed by atoms with E-state index in [2.05, 4.69) is 4.74 Å². The van der Waals surface area contributed by atoms with Crippen LogP contribution in [0.25, 0.3) is 0 Å². The first kappa shape index (κ1) is 19.2. The van der Waals surface area contributed by atoms with Gasteiger partial charge in [-0.3, -0.25) is 14.6 Å². The van der Waals surface area contributed by atoms with Crippen molar-refractivity contribution in [3.8, 4) is 5.75 Å². The number of carbonyl (C=O) groups is 1. The van der Waals surface area contributed by atoms with Crippen molar-refractivity contribution >= 4 is 5.97 Å². The largest absolute Gasteiger partial charge is 0.573 e. The Bertz CT molecular complexity index is 508. The second-order valence-corrected chi connectivity index (χ2v) is 5.46. The Morgan fingerprint density at radius 2 is 1.52 bits per heavy atom. The molecular formula is C15H21F3N2O3. The quantitative estimate of drug-likeness (QED) is 0.590. The van der Waals surface area contributed by atoms with Crippen LogP contribution in [0.2, 0.25) is 0 Å². The maximum atomic E-state index is 12.2. The number of hydrogen-bond acceptors (Lipinski definition) is 5. The van der Waals surface area contributed by atoms with E-state index in [9.17, 15) is 18.0 Å². The normalized spacial score (nSPS) is 13.5. The van der Waals surface area contributed by atoms with Gasteiger partial charge in [-0.1, -0.05) is 12.1 Å². The number of ether oxygens (including phenoxy) is 2. The van der Waals surface area contributed by atoms with Gasteiger partial charge in [-0.2, -0.15) is 0 Å². The zero-order chi connectivity index (χ0) is 17.8. The van der Waals surface area contributed by atoms with Gasteiger partial charge in [-0.05, 0) is 45.9 Å². The SMILES string of the molecule is COC(=O)C(c1ccc(OC(F)(F)F)cc1)C(N(C)C)N(C)C. The van der Waals surface area contributed by atoms with Gasteiger partial charge in [0.05, 0.1) is 13.3 Å². The summed E-state index contributed by atoms with van der Waals surface area (Å²) in [4.78, 5) is 15.9. The standard InChI is InChI=1S/C15H21F3N2O3/c1-19(2)13(20(3)4)12(14(21)22-5)10-6-8-11(9-7-10)23-15(16,17)18/h6-9,12-13H,1-5H3. The average molecular weight is 334 g/mol. The minimum Gasteiger partial charge on any atom is -0.468 e. The fraction of sp³-hybridized carbons (Fsp3) is 0.533. The number of carbonyl (C=O) groups excluding carboxylic acids is 1. The van der Waals surface area contributed by atoms with Crippen molar-refractivity contribution in [1.82, 2.24) is 9.80 Å². The Morgan fingerprint density at radius 1 is 1.04 bits per heavy atom. The van der Waals surface area contributed by atoms with E-state index in [1.54, 1.807) is 0 Å². The Hall–Kier alpha value is -1.80. The van der Waals surface area contributed by atoms with E-state index >= 15 is 0 Å². The van der Waals surface area contributed by atoms with Gasteiger partial charge in [0, 0.05) is 0 Å². The highest BCUT2D eigenvalue weighted by Gasteiger charge is 2.35. The zero-order valence-electron chi connectivity index (χ0n) is 13.7. The summed E-state index contributed by atoms with van der Waals surface area (Å²) in [6.45, 7) is 0. The van der Waals surface area contributed by atoms with Crippen LogP contribution in [0.4, 0.5) is 13.2 Å². The Morgan fingerprint density at radius 3 is 1.87 bits per heavy atom. The van der Waals surface area contributed by atoms with Crippen molar-refractivity contribution in [2.45, 2.75) is 18.4 Å². The van der Waals surface area contributed by atoms with Gasteiger partial charge in [-0.25, -0.2) is 0 Å². The molecule has 23 heavy (non-hydrogen) atoms. The fourth-order valence-corrected chi connectivity index (χ4v) is 2.49. The highest BCUT2D eigenvalue weighted by molar-refractivity contribution is 5.79. The number of halogens is 3. The molecule has 1 aromatic rings. The summed E-state index contributed by atoms with van der Waals surface area (Å²) in [6.07, 6.45) is -5.07. The van der Waals surface area contributed by atoms with Crippen molar-refractivity contribution in [1.29, 1.82) is 0 Å². The maximum absolute atomic E-state index is 12.2. The van der Waals surface area contributed by atoms with Crippen LogP contribution in [0.15, 0.2) is 24.3 Å². The van der Waals surface area contributed by atoms with E-state index in [4.69, 9.17) is 4.74 Å². The highest BCUT2D eigenvalue weighted by Crippen LogP contribution is 2.29. The van der Waals surface area contributed by atoms with Gasteiger partial charge >= 0.3 is 12.3 Å². The van der Waals surface area contributed by atoms with Gasteiger partial charge in [0.1, 0.15) is 11.7 Å². The van der Waals surface area contributed by atoms with Gasteiger partial charge in [0.15, 0.2) is 0 Å². The Balaban J connectivity index is 3.15. The number of likely N-dealkylation sites (N-methyl/N-ethyl adjacent to an activating group) is 2. The van der Waals surface area contributed by atoms with Crippen LogP contribution in [-0.4, -0.2) is 63.6 Å². The minimum atomic E-state index is -4.75. The summed E-state index contributed by atoms with van der Waals surface area (Å²) in [6, 6.07) is 5.23. The number of esters is 1. The lowest BCUT2D eigenvalue weighted by Crippen LogP contribution is -2.47. The van der Waals surface area contributed by atoms with Crippen molar-refractivity contribution < 1.29 is 27.4 Å². The van der Waals surface area contributed by atoms with E-state index in [-0.39, 0.29) is 11.9 Å². The molecule has 0 aliphatic heterocycles. The van der Waals surface area contributed by atoms with Crippen LogP contribution in [0.5, 0.6) is 5.75 Å². The third-order valence-electron chi connectivity index (χ3n) is 3.28. The fourth-order valence-electron chi connectivity index (χ4n) is 2.49. The van der Waals surface area contributed by atoms with Crippen molar-refractivity contribution in [2.24, 2.45) is 0 Å². The molecule has 0 N–H and O–H groups in total. The van der Waals surface area contributed by atoms with E-state index < -0.39 is 18.2 Å². The number of benzene rings is 1. The number of nitrogens with zero attached hydrogens (tertiary/aromatic N) is 2. The first-order chi connectivity index (χ1) is 10.6. The van der Waals surface area contributed by atoms with E-state index in [0.29, 0.717) is 5.56 Å². The molecule has 0 bridgehead atoms. The van der Waals surface area contributed by atoms with Crippen molar-refractivity contribution in [2.75, 3.05) is 35.3 Å². The molecule has 0 aliphatic rings. The molecule has 5 nitrogen and oxygen atoms in total. The summed E-state index contributed by atoms with van der Waals surface area (Å²) in [5.41, 5.74) is 0.541. The Kier molecular flexibility index (Phi) is 6.40. The molecule has 1 rings (SSSR count). The van der Waals surface area contributed by atoms with E-state index in [1.807, 2.05) is 38.0 Å². The summed E-state index contributed by atoms with van der Waals surface area (Å²) < 4.78 is 45.3. The lowest BCUT2D eigenvalue weighted by Gasteiger charge is -2.35. The molecule has 0 saturated heterocycles. The topological polar surface area (TPSA) is 42.0 Å². The predicted molar refractivity (Wildman–Crippen MR) is 79.0 cm³/mol. The molecule has 0 spiro atoms. The molecule has 0 heterocycles. The maximum Gasteiger partial charge on any atom is 0.573 e. The van der Waals surface area contributed by atoms with E-state index in [0.717, 1.165) is 0 Å². The summed E-state index contributed by atoms with van der Waals surface area (Å²) in [5.74, 6) is -1.48. The molecule has 0 radical (unpaired) electrons. The van der Waals surface area contributed by atoms with Crippen molar-refractivity contribution in [3.63, 3.8) is 0 Å². The van der Waals surface area contributed by atoms with Crippen LogP contribution >= 0.6 is 0 Å². The molecule has 0 saturated carbocycles.